The standard InChI is InChI=1S/C21H26O2/c1-18-10-8-9-15-21(18,22-16-19-11-4-2-5-12-19)23-17-20-13-6-3-7-14-20/h2-7,11-14,18H,8-10,15-17H2,1H3. The predicted molar refractivity (Wildman–Crippen MR) is 92.8 cm³/mol. The van der Waals surface area contributed by atoms with Crippen LogP contribution in [0.5, 0.6) is 0 Å². The first kappa shape index (κ1) is 16.2. The molecule has 1 fully saturated rings. The second kappa shape index (κ2) is 7.76. The molecule has 2 aromatic rings. The zero-order valence-corrected chi connectivity index (χ0v) is 13.9. The van der Waals surface area contributed by atoms with E-state index in [4.69, 9.17) is 9.47 Å². The second-order valence-electron chi connectivity index (χ2n) is 6.51. The first-order valence-electron chi connectivity index (χ1n) is 8.64. The molecule has 0 N–H and O–H groups in total. The molecule has 1 aliphatic rings. The smallest absolute Gasteiger partial charge is 0.171 e. The first-order valence-corrected chi connectivity index (χ1v) is 8.64. The van der Waals surface area contributed by atoms with Crippen LogP contribution in [0.2, 0.25) is 0 Å². The van der Waals surface area contributed by atoms with E-state index in [-0.39, 0.29) is 0 Å². The number of benzene rings is 2. The molecule has 1 saturated carbocycles. The minimum Gasteiger partial charge on any atom is -0.345 e. The van der Waals surface area contributed by atoms with E-state index in [0.29, 0.717) is 19.1 Å². The third-order valence-corrected chi connectivity index (χ3v) is 4.82. The van der Waals surface area contributed by atoms with Crippen LogP contribution in [0, 0.1) is 5.92 Å². The van der Waals surface area contributed by atoms with E-state index in [2.05, 4.69) is 55.5 Å². The van der Waals surface area contributed by atoms with Crippen LogP contribution in [-0.2, 0) is 22.7 Å². The Morgan fingerprint density at radius 2 is 1.35 bits per heavy atom. The summed E-state index contributed by atoms with van der Waals surface area (Å²) in [6, 6.07) is 20.7. The van der Waals surface area contributed by atoms with Crippen molar-refractivity contribution in [3.63, 3.8) is 0 Å². The van der Waals surface area contributed by atoms with E-state index in [1.807, 2.05) is 12.1 Å². The van der Waals surface area contributed by atoms with Crippen molar-refractivity contribution in [3.8, 4) is 0 Å². The van der Waals surface area contributed by atoms with Gasteiger partial charge in [0.25, 0.3) is 0 Å². The summed E-state index contributed by atoms with van der Waals surface area (Å²) in [7, 11) is 0. The molecule has 0 spiro atoms. The van der Waals surface area contributed by atoms with Crippen LogP contribution in [0.25, 0.3) is 0 Å². The third-order valence-electron chi connectivity index (χ3n) is 4.82. The molecule has 0 amide bonds. The molecule has 0 saturated heterocycles. The molecule has 2 aromatic carbocycles. The van der Waals surface area contributed by atoms with Crippen LogP contribution in [0.15, 0.2) is 60.7 Å². The summed E-state index contributed by atoms with van der Waals surface area (Å²) in [6.07, 6.45) is 4.59. The molecular formula is C21H26O2. The fourth-order valence-electron chi connectivity index (χ4n) is 3.32. The Morgan fingerprint density at radius 3 is 1.83 bits per heavy atom. The van der Waals surface area contributed by atoms with Gasteiger partial charge in [-0.3, -0.25) is 0 Å². The summed E-state index contributed by atoms with van der Waals surface area (Å²) in [6.45, 7) is 3.48. The number of ether oxygens (including phenoxy) is 2. The predicted octanol–water partition coefficient (Wildman–Crippen LogP) is 5.33. The van der Waals surface area contributed by atoms with E-state index in [1.165, 1.54) is 30.4 Å². The number of hydrogen-bond acceptors (Lipinski definition) is 2. The molecule has 2 nitrogen and oxygen atoms in total. The highest BCUT2D eigenvalue weighted by Gasteiger charge is 2.40. The van der Waals surface area contributed by atoms with E-state index >= 15 is 0 Å². The van der Waals surface area contributed by atoms with Gasteiger partial charge in [-0.2, -0.15) is 0 Å². The Balaban J connectivity index is 1.69. The highest BCUT2D eigenvalue weighted by molar-refractivity contribution is 5.14. The lowest BCUT2D eigenvalue weighted by molar-refractivity contribution is -0.288. The van der Waals surface area contributed by atoms with Gasteiger partial charge < -0.3 is 9.47 Å². The maximum atomic E-state index is 6.37. The molecule has 2 heteroatoms. The van der Waals surface area contributed by atoms with Crippen LogP contribution >= 0.6 is 0 Å². The Hall–Kier alpha value is -1.64. The molecule has 3 rings (SSSR count). The van der Waals surface area contributed by atoms with Crippen molar-refractivity contribution in [2.45, 2.75) is 51.6 Å². The van der Waals surface area contributed by atoms with Crippen molar-refractivity contribution in [2.75, 3.05) is 0 Å². The lowest BCUT2D eigenvalue weighted by Gasteiger charge is -2.42. The summed E-state index contributed by atoms with van der Waals surface area (Å²) in [5, 5.41) is 0. The van der Waals surface area contributed by atoms with Crippen LogP contribution in [0.4, 0.5) is 0 Å². The van der Waals surface area contributed by atoms with E-state index in [1.54, 1.807) is 0 Å². The normalized spacial score (nSPS) is 20.3. The summed E-state index contributed by atoms with van der Waals surface area (Å²) >= 11 is 0. The van der Waals surface area contributed by atoms with Crippen LogP contribution in [0.3, 0.4) is 0 Å². The molecule has 0 heterocycles. The van der Waals surface area contributed by atoms with Gasteiger partial charge in [-0.05, 0) is 24.0 Å². The molecule has 0 bridgehead atoms. The van der Waals surface area contributed by atoms with Gasteiger partial charge in [0.15, 0.2) is 5.79 Å². The van der Waals surface area contributed by atoms with Gasteiger partial charge in [-0.1, -0.05) is 74.0 Å². The Kier molecular flexibility index (Phi) is 5.47. The number of rotatable bonds is 6. The van der Waals surface area contributed by atoms with Gasteiger partial charge in [0.05, 0.1) is 13.2 Å². The lowest BCUT2D eigenvalue weighted by atomic mass is 9.84. The minimum absolute atomic E-state index is 0.420. The van der Waals surface area contributed by atoms with Gasteiger partial charge in [-0.25, -0.2) is 0 Å². The average molecular weight is 310 g/mol. The monoisotopic (exact) mass is 310 g/mol. The Labute approximate surface area is 139 Å². The minimum atomic E-state index is -0.454. The van der Waals surface area contributed by atoms with Crippen molar-refractivity contribution in [1.82, 2.24) is 0 Å². The van der Waals surface area contributed by atoms with Crippen molar-refractivity contribution in [1.29, 1.82) is 0 Å². The molecule has 0 aliphatic heterocycles. The van der Waals surface area contributed by atoms with Gasteiger partial charge in [0.2, 0.25) is 0 Å². The lowest BCUT2D eigenvalue weighted by Crippen LogP contribution is -2.44. The van der Waals surface area contributed by atoms with Crippen molar-refractivity contribution >= 4 is 0 Å². The summed E-state index contributed by atoms with van der Waals surface area (Å²) in [4.78, 5) is 0. The van der Waals surface area contributed by atoms with E-state index in [9.17, 15) is 0 Å². The largest absolute Gasteiger partial charge is 0.345 e. The summed E-state index contributed by atoms with van der Waals surface area (Å²) < 4.78 is 12.7. The maximum Gasteiger partial charge on any atom is 0.171 e. The molecule has 0 radical (unpaired) electrons. The second-order valence-corrected chi connectivity index (χ2v) is 6.51. The van der Waals surface area contributed by atoms with E-state index < -0.39 is 5.79 Å². The first-order chi connectivity index (χ1) is 11.3. The van der Waals surface area contributed by atoms with Crippen molar-refractivity contribution in [3.05, 3.63) is 71.8 Å². The molecule has 122 valence electrons. The van der Waals surface area contributed by atoms with Gasteiger partial charge >= 0.3 is 0 Å². The van der Waals surface area contributed by atoms with Gasteiger partial charge in [-0.15, -0.1) is 0 Å². The Bertz CT molecular complexity index is 536. The quantitative estimate of drug-likeness (QED) is 0.672. The molecule has 23 heavy (non-hydrogen) atoms. The average Bonchev–Trinajstić information content (AvgIpc) is 2.62. The van der Waals surface area contributed by atoms with Crippen LogP contribution < -0.4 is 0 Å². The fraction of sp³-hybridized carbons (Fsp3) is 0.429. The van der Waals surface area contributed by atoms with Gasteiger partial charge in [0, 0.05) is 12.3 Å². The molecular weight excluding hydrogens is 284 g/mol. The highest BCUT2D eigenvalue weighted by Crippen LogP contribution is 2.39. The zero-order chi connectivity index (χ0) is 16.0. The van der Waals surface area contributed by atoms with Crippen molar-refractivity contribution < 1.29 is 9.47 Å². The topological polar surface area (TPSA) is 18.5 Å². The highest BCUT2D eigenvalue weighted by atomic mass is 16.7. The van der Waals surface area contributed by atoms with Crippen LogP contribution in [-0.4, -0.2) is 5.79 Å². The fourth-order valence-corrected chi connectivity index (χ4v) is 3.32. The van der Waals surface area contributed by atoms with E-state index in [0.717, 1.165) is 6.42 Å². The van der Waals surface area contributed by atoms with Gasteiger partial charge in [0.1, 0.15) is 0 Å². The summed E-state index contributed by atoms with van der Waals surface area (Å²) in [5.74, 6) is -0.0344. The SMILES string of the molecule is CC1CCCCC1(OCc1ccccc1)OCc1ccccc1. The van der Waals surface area contributed by atoms with Crippen molar-refractivity contribution in [2.24, 2.45) is 5.92 Å². The maximum absolute atomic E-state index is 6.37. The molecule has 1 aliphatic carbocycles. The zero-order valence-electron chi connectivity index (χ0n) is 13.9. The van der Waals surface area contributed by atoms with Crippen LogP contribution in [0.1, 0.15) is 43.7 Å². The third kappa shape index (κ3) is 4.21. The number of hydrogen-bond donors (Lipinski definition) is 0. The molecule has 1 unspecified atom stereocenters. The summed E-state index contributed by atoms with van der Waals surface area (Å²) in [5.41, 5.74) is 2.40. The molecule has 1 atom stereocenters. The Morgan fingerprint density at radius 1 is 0.826 bits per heavy atom. The molecule has 0 aromatic heterocycles.